The van der Waals surface area contributed by atoms with E-state index in [4.69, 9.17) is 15.4 Å². The highest BCUT2D eigenvalue weighted by molar-refractivity contribution is 6.09. The first-order valence-electron chi connectivity index (χ1n) is 9.13. The van der Waals surface area contributed by atoms with Crippen LogP contribution in [0.1, 0.15) is 36.9 Å². The molecule has 0 aliphatic rings. The third kappa shape index (κ3) is 2.92. The highest BCUT2D eigenvalue weighted by Gasteiger charge is 2.17. The number of fused-ring (bicyclic) bond motifs is 3. The van der Waals surface area contributed by atoms with Crippen LogP contribution in [0.25, 0.3) is 21.8 Å². The molecular weight excluding hydrogens is 326 g/mol. The second-order valence-corrected chi connectivity index (χ2v) is 6.70. The molecule has 0 radical (unpaired) electrons. The summed E-state index contributed by atoms with van der Waals surface area (Å²) in [5.41, 5.74) is 10.1. The first-order chi connectivity index (χ1) is 12.7. The number of rotatable bonds is 6. The van der Waals surface area contributed by atoms with Gasteiger partial charge in [-0.2, -0.15) is 5.10 Å². The molecule has 0 fully saturated rings. The molecule has 1 aromatic carbocycles. The molecule has 2 N–H and O–H groups in total. The molecule has 0 spiro atoms. The van der Waals surface area contributed by atoms with Gasteiger partial charge < -0.3 is 10.3 Å². The Bertz CT molecular complexity index is 1060. The van der Waals surface area contributed by atoms with Crippen LogP contribution in [0.3, 0.4) is 0 Å². The minimum absolute atomic E-state index is 0.501. The molecule has 6 nitrogen and oxygen atoms in total. The normalized spacial score (nSPS) is 11.6. The number of aryl methyl sites for hydroxylation is 4. The maximum Gasteiger partial charge on any atom is 0.152 e. The zero-order valence-corrected chi connectivity index (χ0v) is 15.2. The number of pyridine rings is 1. The van der Waals surface area contributed by atoms with Gasteiger partial charge in [0.25, 0.3) is 0 Å². The minimum Gasteiger partial charge on any atom is -0.382 e. The van der Waals surface area contributed by atoms with Gasteiger partial charge in [0.2, 0.25) is 0 Å². The molecule has 3 aromatic heterocycles. The number of para-hydroxylation sites is 1. The molecular formula is C20H23N5O. The molecule has 0 saturated carbocycles. The summed E-state index contributed by atoms with van der Waals surface area (Å²) < 4.78 is 7.43. The fourth-order valence-electron chi connectivity index (χ4n) is 3.54. The topological polar surface area (TPSA) is 82.8 Å². The second kappa shape index (κ2) is 6.78. The molecule has 6 heteroatoms. The number of anilines is 1. The van der Waals surface area contributed by atoms with E-state index in [-0.39, 0.29) is 0 Å². The molecule has 26 heavy (non-hydrogen) atoms. The van der Waals surface area contributed by atoms with Gasteiger partial charge in [-0.25, -0.2) is 4.98 Å². The van der Waals surface area contributed by atoms with Gasteiger partial charge in [-0.1, -0.05) is 30.3 Å². The smallest absolute Gasteiger partial charge is 0.152 e. The van der Waals surface area contributed by atoms with Crippen molar-refractivity contribution in [2.75, 3.05) is 5.73 Å². The van der Waals surface area contributed by atoms with E-state index in [0.717, 1.165) is 65.5 Å². The van der Waals surface area contributed by atoms with E-state index in [1.807, 2.05) is 31.2 Å². The third-order valence-corrected chi connectivity index (χ3v) is 4.66. The Morgan fingerprint density at radius 3 is 2.81 bits per heavy atom. The van der Waals surface area contributed by atoms with E-state index in [9.17, 15) is 0 Å². The molecule has 0 saturated heterocycles. The third-order valence-electron chi connectivity index (χ3n) is 4.66. The van der Waals surface area contributed by atoms with Crippen molar-refractivity contribution in [1.29, 1.82) is 0 Å². The molecule has 0 bridgehead atoms. The molecule has 4 rings (SSSR count). The fourth-order valence-corrected chi connectivity index (χ4v) is 3.54. The first-order valence-corrected chi connectivity index (χ1v) is 9.13. The molecule has 0 unspecified atom stereocenters. The average Bonchev–Trinajstić information content (AvgIpc) is 3.20. The van der Waals surface area contributed by atoms with Gasteiger partial charge in [0, 0.05) is 35.5 Å². The van der Waals surface area contributed by atoms with E-state index in [1.54, 1.807) is 0 Å². The summed E-state index contributed by atoms with van der Waals surface area (Å²) in [4.78, 5) is 4.53. The molecule has 3 heterocycles. The van der Waals surface area contributed by atoms with Crippen LogP contribution in [-0.2, 0) is 19.4 Å². The monoisotopic (exact) mass is 349 g/mol. The summed E-state index contributed by atoms with van der Waals surface area (Å²) in [5, 5.41) is 11.0. The lowest BCUT2D eigenvalue weighted by atomic mass is 10.0. The van der Waals surface area contributed by atoms with Gasteiger partial charge in [0.05, 0.1) is 11.2 Å². The van der Waals surface area contributed by atoms with Crippen molar-refractivity contribution >= 4 is 27.6 Å². The van der Waals surface area contributed by atoms with Gasteiger partial charge in [-0.05, 0) is 32.3 Å². The SMILES string of the molecule is CCCn1nc2c(N)nc3ccccc3c2c1CCCc1cc(C)no1. The van der Waals surface area contributed by atoms with E-state index in [0.29, 0.717) is 5.82 Å². The van der Waals surface area contributed by atoms with Crippen molar-refractivity contribution in [3.05, 3.63) is 47.5 Å². The lowest BCUT2D eigenvalue weighted by Gasteiger charge is -2.07. The second-order valence-electron chi connectivity index (χ2n) is 6.70. The Labute approximate surface area is 152 Å². The van der Waals surface area contributed by atoms with Crippen molar-refractivity contribution in [3.8, 4) is 0 Å². The summed E-state index contributed by atoms with van der Waals surface area (Å²) >= 11 is 0. The lowest BCUT2D eigenvalue weighted by molar-refractivity contribution is 0.376. The van der Waals surface area contributed by atoms with E-state index < -0.39 is 0 Å². The van der Waals surface area contributed by atoms with Crippen molar-refractivity contribution in [2.45, 2.75) is 46.1 Å². The van der Waals surface area contributed by atoms with Crippen LogP contribution in [0.2, 0.25) is 0 Å². The molecule has 0 amide bonds. The number of hydrogen-bond acceptors (Lipinski definition) is 5. The highest BCUT2D eigenvalue weighted by Crippen LogP contribution is 2.31. The number of nitrogens with zero attached hydrogens (tertiary/aromatic N) is 4. The number of nitrogens with two attached hydrogens (primary N) is 1. The quantitative estimate of drug-likeness (QED) is 0.568. The molecule has 0 aliphatic heterocycles. The maximum atomic E-state index is 6.21. The van der Waals surface area contributed by atoms with E-state index in [2.05, 4.69) is 27.8 Å². The van der Waals surface area contributed by atoms with Crippen LogP contribution in [0.15, 0.2) is 34.9 Å². The van der Waals surface area contributed by atoms with Crippen LogP contribution >= 0.6 is 0 Å². The molecule has 4 aromatic rings. The zero-order valence-electron chi connectivity index (χ0n) is 15.2. The molecule has 134 valence electrons. The summed E-state index contributed by atoms with van der Waals surface area (Å²) in [5.74, 6) is 1.43. The van der Waals surface area contributed by atoms with Crippen LogP contribution in [0.5, 0.6) is 0 Å². The van der Waals surface area contributed by atoms with E-state index >= 15 is 0 Å². The van der Waals surface area contributed by atoms with Crippen molar-refractivity contribution < 1.29 is 4.52 Å². The van der Waals surface area contributed by atoms with Crippen LogP contribution in [0.4, 0.5) is 5.82 Å². The first kappa shape index (κ1) is 16.6. The number of aromatic nitrogens is 4. The number of nitrogen functional groups attached to an aromatic ring is 1. The van der Waals surface area contributed by atoms with E-state index in [1.165, 1.54) is 5.69 Å². The number of benzene rings is 1. The predicted octanol–water partition coefficient (Wildman–Crippen LogP) is 4.05. The summed E-state index contributed by atoms with van der Waals surface area (Å²) in [7, 11) is 0. The van der Waals surface area contributed by atoms with Crippen LogP contribution in [-0.4, -0.2) is 19.9 Å². The number of hydrogen-bond donors (Lipinski definition) is 1. The summed E-state index contributed by atoms with van der Waals surface area (Å²) in [6.45, 7) is 4.98. The highest BCUT2D eigenvalue weighted by atomic mass is 16.5. The predicted molar refractivity (Wildman–Crippen MR) is 103 cm³/mol. The molecule has 0 aliphatic carbocycles. The largest absolute Gasteiger partial charge is 0.382 e. The van der Waals surface area contributed by atoms with Crippen molar-refractivity contribution in [3.63, 3.8) is 0 Å². The Balaban J connectivity index is 1.76. The van der Waals surface area contributed by atoms with Crippen LogP contribution in [0, 0.1) is 6.92 Å². The lowest BCUT2D eigenvalue weighted by Crippen LogP contribution is -2.05. The summed E-state index contributed by atoms with van der Waals surface area (Å²) in [6, 6.07) is 10.1. The Morgan fingerprint density at radius 1 is 1.19 bits per heavy atom. The standard InChI is InChI=1S/C20H23N5O/c1-3-11-25-17(10-6-7-14-12-13(2)24-26-14)18-15-8-4-5-9-16(15)22-20(21)19(18)23-25/h4-5,8-9,12H,3,6-7,10-11H2,1-2H3,(H2,21,22). The fraction of sp³-hybridized carbons (Fsp3) is 0.350. The maximum absolute atomic E-state index is 6.21. The summed E-state index contributed by atoms with van der Waals surface area (Å²) in [6.07, 6.45) is 3.76. The Morgan fingerprint density at radius 2 is 2.04 bits per heavy atom. The van der Waals surface area contributed by atoms with Crippen molar-refractivity contribution in [1.82, 2.24) is 19.9 Å². The Kier molecular flexibility index (Phi) is 4.32. The van der Waals surface area contributed by atoms with Gasteiger partial charge in [0.1, 0.15) is 11.3 Å². The van der Waals surface area contributed by atoms with Gasteiger partial charge in [-0.15, -0.1) is 0 Å². The zero-order chi connectivity index (χ0) is 18.1. The van der Waals surface area contributed by atoms with Gasteiger partial charge >= 0.3 is 0 Å². The van der Waals surface area contributed by atoms with Gasteiger partial charge in [0.15, 0.2) is 5.82 Å². The minimum atomic E-state index is 0.501. The Hall–Kier alpha value is -2.89. The van der Waals surface area contributed by atoms with Gasteiger partial charge in [-0.3, -0.25) is 4.68 Å². The van der Waals surface area contributed by atoms with Crippen molar-refractivity contribution in [2.24, 2.45) is 0 Å². The average molecular weight is 349 g/mol. The molecule has 0 atom stereocenters. The van der Waals surface area contributed by atoms with Crippen LogP contribution < -0.4 is 5.73 Å².